The molecule has 0 spiro atoms. The van der Waals surface area contributed by atoms with E-state index in [-0.39, 0.29) is 5.97 Å². The number of urea groups is 1. The first-order valence-electron chi connectivity index (χ1n) is 6.52. The maximum atomic E-state index is 12.1. The average molecular weight is 265 g/mol. The third-order valence-corrected chi connectivity index (χ3v) is 3.41. The number of hydrogen-bond acceptors (Lipinski definition) is 3. The normalized spacial score (nSPS) is 13.8. The SMILES string of the molecule is CCOC(=O)c1c2c(n(NC(N)=O)c1C)CCCC2. The van der Waals surface area contributed by atoms with E-state index in [0.717, 1.165) is 36.9 Å². The molecule has 0 fully saturated rings. The molecule has 3 N–H and O–H groups in total. The molecule has 0 bridgehead atoms. The highest BCUT2D eigenvalue weighted by molar-refractivity contribution is 5.93. The Morgan fingerprint density at radius 2 is 2.05 bits per heavy atom. The van der Waals surface area contributed by atoms with E-state index in [1.165, 1.54) is 0 Å². The molecule has 0 radical (unpaired) electrons. The molecule has 6 nitrogen and oxygen atoms in total. The van der Waals surface area contributed by atoms with Crippen LogP contribution in [0.2, 0.25) is 0 Å². The zero-order valence-corrected chi connectivity index (χ0v) is 11.3. The number of nitrogens with zero attached hydrogens (tertiary/aromatic N) is 1. The number of ether oxygens (including phenoxy) is 1. The summed E-state index contributed by atoms with van der Waals surface area (Å²) in [7, 11) is 0. The molecule has 0 aliphatic heterocycles. The maximum absolute atomic E-state index is 12.1. The summed E-state index contributed by atoms with van der Waals surface area (Å²) >= 11 is 0. The Hall–Kier alpha value is -1.98. The molecule has 0 saturated heterocycles. The largest absolute Gasteiger partial charge is 0.462 e. The molecule has 1 aliphatic rings. The van der Waals surface area contributed by atoms with Crippen LogP contribution >= 0.6 is 0 Å². The molecule has 104 valence electrons. The first-order valence-corrected chi connectivity index (χ1v) is 6.52. The predicted molar refractivity (Wildman–Crippen MR) is 70.7 cm³/mol. The van der Waals surface area contributed by atoms with Crippen LogP contribution in [-0.2, 0) is 17.6 Å². The Bertz CT molecular complexity index is 520. The van der Waals surface area contributed by atoms with Gasteiger partial charge in [-0.15, -0.1) is 0 Å². The number of esters is 1. The van der Waals surface area contributed by atoms with Crippen molar-refractivity contribution in [2.24, 2.45) is 5.73 Å². The van der Waals surface area contributed by atoms with Crippen LogP contribution in [0.1, 0.15) is 47.1 Å². The van der Waals surface area contributed by atoms with E-state index >= 15 is 0 Å². The smallest absolute Gasteiger partial charge is 0.340 e. The van der Waals surface area contributed by atoms with Crippen LogP contribution in [0.15, 0.2) is 0 Å². The minimum atomic E-state index is -0.637. The minimum Gasteiger partial charge on any atom is -0.462 e. The number of primary amides is 1. The number of aromatic nitrogens is 1. The van der Waals surface area contributed by atoms with Gasteiger partial charge in [0.1, 0.15) is 0 Å². The van der Waals surface area contributed by atoms with Crippen LogP contribution in [0, 0.1) is 6.92 Å². The lowest BCUT2D eigenvalue weighted by Crippen LogP contribution is -2.30. The van der Waals surface area contributed by atoms with Crippen molar-refractivity contribution in [3.05, 3.63) is 22.5 Å². The fourth-order valence-electron chi connectivity index (χ4n) is 2.67. The van der Waals surface area contributed by atoms with E-state index in [2.05, 4.69) is 5.43 Å². The summed E-state index contributed by atoms with van der Waals surface area (Å²) in [6.45, 7) is 3.90. The Balaban J connectivity index is 2.50. The van der Waals surface area contributed by atoms with Gasteiger partial charge in [0.2, 0.25) is 0 Å². The van der Waals surface area contributed by atoms with E-state index in [4.69, 9.17) is 10.5 Å². The number of nitrogens with two attached hydrogens (primary N) is 1. The van der Waals surface area contributed by atoms with Crippen molar-refractivity contribution in [2.75, 3.05) is 12.0 Å². The quantitative estimate of drug-likeness (QED) is 0.811. The molecule has 1 aliphatic carbocycles. The zero-order valence-electron chi connectivity index (χ0n) is 11.3. The van der Waals surface area contributed by atoms with E-state index < -0.39 is 6.03 Å². The Labute approximate surface area is 111 Å². The summed E-state index contributed by atoms with van der Waals surface area (Å²) in [6, 6.07) is -0.637. The van der Waals surface area contributed by atoms with Crippen molar-refractivity contribution in [2.45, 2.75) is 39.5 Å². The molecule has 1 heterocycles. The van der Waals surface area contributed by atoms with Gasteiger partial charge < -0.3 is 10.5 Å². The molecule has 1 aromatic heterocycles. The van der Waals surface area contributed by atoms with Crippen molar-refractivity contribution >= 4 is 12.0 Å². The van der Waals surface area contributed by atoms with Gasteiger partial charge in [-0.25, -0.2) is 15.0 Å². The number of carbonyl (C=O) groups is 2. The Kier molecular flexibility index (Phi) is 3.78. The van der Waals surface area contributed by atoms with Gasteiger partial charge in [0.25, 0.3) is 0 Å². The van der Waals surface area contributed by atoms with Gasteiger partial charge in [0, 0.05) is 5.69 Å². The molecule has 0 saturated carbocycles. The number of rotatable bonds is 3. The molecular formula is C13H19N3O3. The maximum Gasteiger partial charge on any atom is 0.340 e. The summed E-state index contributed by atoms with van der Waals surface area (Å²) < 4.78 is 6.72. The number of carbonyl (C=O) groups excluding carboxylic acids is 2. The van der Waals surface area contributed by atoms with Crippen molar-refractivity contribution in [1.82, 2.24) is 4.68 Å². The summed E-state index contributed by atoms with van der Waals surface area (Å²) in [5.41, 5.74) is 11.0. The first-order chi connectivity index (χ1) is 9.06. The monoisotopic (exact) mass is 265 g/mol. The van der Waals surface area contributed by atoms with Gasteiger partial charge in [-0.2, -0.15) is 0 Å². The second-order valence-electron chi connectivity index (χ2n) is 4.62. The third-order valence-electron chi connectivity index (χ3n) is 3.41. The van der Waals surface area contributed by atoms with Crippen LogP contribution < -0.4 is 11.2 Å². The molecule has 0 aromatic carbocycles. The van der Waals surface area contributed by atoms with Crippen LogP contribution in [-0.4, -0.2) is 23.3 Å². The van der Waals surface area contributed by atoms with E-state index in [9.17, 15) is 9.59 Å². The highest BCUT2D eigenvalue weighted by Crippen LogP contribution is 2.29. The van der Waals surface area contributed by atoms with Gasteiger partial charge in [-0.1, -0.05) is 0 Å². The fourth-order valence-corrected chi connectivity index (χ4v) is 2.67. The van der Waals surface area contributed by atoms with Gasteiger partial charge in [-0.05, 0) is 45.1 Å². The van der Waals surface area contributed by atoms with Gasteiger partial charge in [0.15, 0.2) is 0 Å². The first kappa shape index (κ1) is 13.5. The minimum absolute atomic E-state index is 0.330. The van der Waals surface area contributed by atoms with Crippen LogP contribution in [0.25, 0.3) is 0 Å². The van der Waals surface area contributed by atoms with Crippen LogP contribution in [0.4, 0.5) is 4.79 Å². The van der Waals surface area contributed by atoms with Crippen LogP contribution in [0.5, 0.6) is 0 Å². The highest BCUT2D eigenvalue weighted by Gasteiger charge is 2.27. The Morgan fingerprint density at radius 1 is 1.37 bits per heavy atom. The van der Waals surface area contributed by atoms with Gasteiger partial charge in [0.05, 0.1) is 17.9 Å². The average Bonchev–Trinajstić information content (AvgIpc) is 2.63. The zero-order chi connectivity index (χ0) is 14.0. The van der Waals surface area contributed by atoms with Crippen molar-refractivity contribution in [3.8, 4) is 0 Å². The van der Waals surface area contributed by atoms with E-state index in [1.54, 1.807) is 18.5 Å². The molecule has 6 heteroatoms. The summed E-state index contributed by atoms with van der Waals surface area (Å²) in [6.07, 6.45) is 3.74. The number of fused-ring (bicyclic) bond motifs is 1. The van der Waals surface area contributed by atoms with Gasteiger partial charge in [-0.3, -0.25) is 4.68 Å². The number of hydrogen-bond donors (Lipinski definition) is 2. The second-order valence-corrected chi connectivity index (χ2v) is 4.62. The Morgan fingerprint density at radius 3 is 2.68 bits per heavy atom. The highest BCUT2D eigenvalue weighted by atomic mass is 16.5. The molecule has 0 atom stereocenters. The van der Waals surface area contributed by atoms with E-state index in [1.807, 2.05) is 0 Å². The molecule has 19 heavy (non-hydrogen) atoms. The number of amides is 2. The molecule has 2 rings (SSSR count). The molecule has 0 unspecified atom stereocenters. The van der Waals surface area contributed by atoms with Crippen molar-refractivity contribution < 1.29 is 14.3 Å². The fraction of sp³-hybridized carbons (Fsp3) is 0.538. The lowest BCUT2D eigenvalue weighted by atomic mass is 9.94. The predicted octanol–water partition coefficient (Wildman–Crippen LogP) is 1.47. The topological polar surface area (TPSA) is 86.3 Å². The van der Waals surface area contributed by atoms with Crippen molar-refractivity contribution in [3.63, 3.8) is 0 Å². The summed E-state index contributed by atoms with van der Waals surface area (Å²) in [5, 5.41) is 0. The van der Waals surface area contributed by atoms with Crippen LogP contribution in [0.3, 0.4) is 0 Å². The second kappa shape index (κ2) is 5.34. The summed E-state index contributed by atoms with van der Waals surface area (Å²) in [5.74, 6) is -0.330. The lowest BCUT2D eigenvalue weighted by molar-refractivity contribution is 0.0524. The van der Waals surface area contributed by atoms with Gasteiger partial charge >= 0.3 is 12.0 Å². The van der Waals surface area contributed by atoms with Crippen molar-refractivity contribution in [1.29, 1.82) is 0 Å². The van der Waals surface area contributed by atoms with E-state index in [0.29, 0.717) is 17.9 Å². The summed E-state index contributed by atoms with van der Waals surface area (Å²) in [4.78, 5) is 23.1. The third kappa shape index (κ3) is 2.43. The molecule has 2 amide bonds. The lowest BCUT2D eigenvalue weighted by Gasteiger charge is -2.16. The molecular weight excluding hydrogens is 246 g/mol. The molecule has 1 aromatic rings. The standard InChI is InChI=1S/C13H19N3O3/c1-3-19-12(17)11-8(2)16(15-13(14)18)10-7-5-4-6-9(10)11/h3-7H2,1-2H3,(H3,14,15,18). The number of nitrogens with one attached hydrogen (secondary N) is 1.